The van der Waals surface area contributed by atoms with Crippen LogP contribution in [0, 0.1) is 5.92 Å². The molecular formula is C16H24N2O3. The summed E-state index contributed by atoms with van der Waals surface area (Å²) in [5.74, 6) is 1.07. The number of ether oxygens (including phenoxy) is 1. The number of nitrogens with one attached hydrogen (secondary N) is 1. The molecule has 5 nitrogen and oxygen atoms in total. The Bertz CT molecular complexity index is 448. The predicted molar refractivity (Wildman–Crippen MR) is 81.8 cm³/mol. The molecule has 0 radical (unpaired) electrons. The van der Waals surface area contributed by atoms with E-state index >= 15 is 0 Å². The lowest BCUT2D eigenvalue weighted by atomic mass is 10.0. The van der Waals surface area contributed by atoms with Gasteiger partial charge < -0.3 is 14.5 Å². The molecule has 0 saturated carbocycles. The Morgan fingerprint density at radius 3 is 2.81 bits per heavy atom. The van der Waals surface area contributed by atoms with Gasteiger partial charge in [-0.2, -0.15) is 0 Å². The van der Waals surface area contributed by atoms with Gasteiger partial charge in [0.25, 0.3) is 0 Å². The first kappa shape index (κ1) is 15.8. The Morgan fingerprint density at radius 1 is 1.43 bits per heavy atom. The fourth-order valence-corrected chi connectivity index (χ4v) is 2.50. The number of hydrogen-bond donors (Lipinski definition) is 1. The van der Waals surface area contributed by atoms with Gasteiger partial charge in [0.05, 0.1) is 19.5 Å². The third kappa shape index (κ3) is 5.02. The molecule has 1 fully saturated rings. The van der Waals surface area contributed by atoms with E-state index in [2.05, 4.69) is 24.1 Å². The van der Waals surface area contributed by atoms with E-state index in [0.717, 1.165) is 26.3 Å². The smallest absolute Gasteiger partial charge is 0.244 e. The maximum Gasteiger partial charge on any atom is 0.244 e. The number of furan rings is 1. The fraction of sp³-hybridized carbons (Fsp3) is 0.562. The normalized spacial score (nSPS) is 18.2. The van der Waals surface area contributed by atoms with Crippen LogP contribution < -0.4 is 5.32 Å². The Labute approximate surface area is 125 Å². The largest absolute Gasteiger partial charge is 0.465 e. The first-order valence-corrected chi connectivity index (χ1v) is 7.48. The minimum Gasteiger partial charge on any atom is -0.465 e. The van der Waals surface area contributed by atoms with E-state index in [1.165, 1.54) is 6.08 Å². The molecule has 116 valence electrons. The molecule has 1 aromatic rings. The Morgan fingerprint density at radius 2 is 2.19 bits per heavy atom. The summed E-state index contributed by atoms with van der Waals surface area (Å²) in [6.07, 6.45) is 4.77. The van der Waals surface area contributed by atoms with E-state index in [-0.39, 0.29) is 5.91 Å². The van der Waals surface area contributed by atoms with Crippen LogP contribution in [0.3, 0.4) is 0 Å². The minimum atomic E-state index is -0.0923. The van der Waals surface area contributed by atoms with E-state index in [9.17, 15) is 4.79 Å². The third-order valence-corrected chi connectivity index (χ3v) is 3.71. The zero-order valence-corrected chi connectivity index (χ0v) is 12.7. The highest BCUT2D eigenvalue weighted by atomic mass is 16.5. The molecule has 1 saturated heterocycles. The lowest BCUT2D eigenvalue weighted by molar-refractivity contribution is -0.116. The molecule has 1 aliphatic heterocycles. The van der Waals surface area contributed by atoms with Crippen LogP contribution in [0.5, 0.6) is 0 Å². The Kier molecular flexibility index (Phi) is 6.02. The molecule has 21 heavy (non-hydrogen) atoms. The molecule has 1 atom stereocenters. The van der Waals surface area contributed by atoms with Gasteiger partial charge in [0.1, 0.15) is 5.76 Å². The zero-order chi connectivity index (χ0) is 15.1. The standard InChI is InChI=1S/C16H24N2O3/c1-13(2)15(18-7-10-20-11-8-18)12-17-16(19)6-5-14-4-3-9-21-14/h3-6,9,13,15H,7-8,10-12H2,1-2H3,(H,17,19)/b6-5+/t15-/m1/s1. The second-order valence-corrected chi connectivity index (χ2v) is 5.55. The molecular weight excluding hydrogens is 268 g/mol. The number of amides is 1. The minimum absolute atomic E-state index is 0.0923. The van der Waals surface area contributed by atoms with Gasteiger partial charge in [-0.25, -0.2) is 0 Å². The molecule has 0 unspecified atom stereocenters. The van der Waals surface area contributed by atoms with Gasteiger partial charge in [0.2, 0.25) is 5.91 Å². The highest BCUT2D eigenvalue weighted by Crippen LogP contribution is 2.12. The van der Waals surface area contributed by atoms with Crippen LogP contribution in [0.1, 0.15) is 19.6 Å². The van der Waals surface area contributed by atoms with Crippen molar-refractivity contribution in [3.05, 3.63) is 30.2 Å². The molecule has 0 spiro atoms. The lowest BCUT2D eigenvalue weighted by Gasteiger charge is -2.36. The van der Waals surface area contributed by atoms with E-state index in [0.29, 0.717) is 24.3 Å². The van der Waals surface area contributed by atoms with Gasteiger partial charge in [0.15, 0.2) is 0 Å². The van der Waals surface area contributed by atoms with Crippen molar-refractivity contribution in [3.8, 4) is 0 Å². The van der Waals surface area contributed by atoms with Crippen molar-refractivity contribution < 1.29 is 13.9 Å². The van der Waals surface area contributed by atoms with Crippen LogP contribution in [-0.2, 0) is 9.53 Å². The van der Waals surface area contributed by atoms with Crippen LogP contribution in [0.4, 0.5) is 0 Å². The highest BCUT2D eigenvalue weighted by molar-refractivity contribution is 5.91. The second kappa shape index (κ2) is 8.00. The molecule has 0 aliphatic carbocycles. The monoisotopic (exact) mass is 292 g/mol. The van der Waals surface area contributed by atoms with Crippen molar-refractivity contribution in [3.63, 3.8) is 0 Å². The highest BCUT2D eigenvalue weighted by Gasteiger charge is 2.23. The summed E-state index contributed by atoms with van der Waals surface area (Å²) in [5, 5.41) is 2.97. The van der Waals surface area contributed by atoms with Gasteiger partial charge >= 0.3 is 0 Å². The van der Waals surface area contributed by atoms with E-state index in [4.69, 9.17) is 9.15 Å². The van der Waals surface area contributed by atoms with E-state index in [1.54, 1.807) is 18.4 Å². The number of nitrogens with zero attached hydrogens (tertiary/aromatic N) is 1. The van der Waals surface area contributed by atoms with Crippen molar-refractivity contribution in [1.29, 1.82) is 0 Å². The van der Waals surface area contributed by atoms with Crippen LogP contribution in [0.2, 0.25) is 0 Å². The number of rotatable bonds is 6. The van der Waals surface area contributed by atoms with Crippen LogP contribution in [0.15, 0.2) is 28.9 Å². The van der Waals surface area contributed by atoms with E-state index < -0.39 is 0 Å². The molecule has 0 bridgehead atoms. The molecule has 2 heterocycles. The summed E-state index contributed by atoms with van der Waals surface area (Å²) in [4.78, 5) is 14.3. The molecule has 5 heteroatoms. The summed E-state index contributed by atoms with van der Waals surface area (Å²) in [6.45, 7) is 8.43. The third-order valence-electron chi connectivity index (χ3n) is 3.71. The van der Waals surface area contributed by atoms with Gasteiger partial charge in [-0.05, 0) is 24.1 Å². The quantitative estimate of drug-likeness (QED) is 0.812. The number of carbonyl (C=O) groups excluding carboxylic acids is 1. The molecule has 1 aliphatic rings. The summed E-state index contributed by atoms with van der Waals surface area (Å²) in [6, 6.07) is 3.95. The summed E-state index contributed by atoms with van der Waals surface area (Å²) >= 11 is 0. The van der Waals surface area contributed by atoms with Gasteiger partial charge in [-0.3, -0.25) is 9.69 Å². The van der Waals surface area contributed by atoms with Crippen molar-refractivity contribution in [2.75, 3.05) is 32.8 Å². The zero-order valence-electron chi connectivity index (χ0n) is 12.7. The second-order valence-electron chi connectivity index (χ2n) is 5.55. The van der Waals surface area contributed by atoms with Crippen molar-refractivity contribution in [2.24, 2.45) is 5.92 Å². The number of carbonyl (C=O) groups is 1. The lowest BCUT2D eigenvalue weighted by Crippen LogP contribution is -2.51. The van der Waals surface area contributed by atoms with Crippen LogP contribution >= 0.6 is 0 Å². The van der Waals surface area contributed by atoms with Crippen LogP contribution in [0.25, 0.3) is 6.08 Å². The fourth-order valence-electron chi connectivity index (χ4n) is 2.50. The Balaban J connectivity index is 1.82. The van der Waals surface area contributed by atoms with Crippen molar-refractivity contribution in [1.82, 2.24) is 10.2 Å². The van der Waals surface area contributed by atoms with Gasteiger partial charge in [-0.15, -0.1) is 0 Å². The summed E-state index contributed by atoms with van der Waals surface area (Å²) in [5.41, 5.74) is 0. The van der Waals surface area contributed by atoms with Gasteiger partial charge in [0, 0.05) is 31.8 Å². The SMILES string of the molecule is CC(C)[C@@H](CNC(=O)/C=C/c1ccco1)N1CCOCC1. The molecule has 1 aromatic heterocycles. The van der Waals surface area contributed by atoms with Gasteiger partial charge in [-0.1, -0.05) is 13.8 Å². The molecule has 1 amide bonds. The average Bonchev–Trinajstić information content (AvgIpc) is 2.99. The summed E-state index contributed by atoms with van der Waals surface area (Å²) < 4.78 is 10.5. The van der Waals surface area contributed by atoms with Crippen molar-refractivity contribution >= 4 is 12.0 Å². The maximum atomic E-state index is 11.9. The van der Waals surface area contributed by atoms with Crippen LogP contribution in [-0.4, -0.2) is 49.7 Å². The molecule has 1 N–H and O–H groups in total. The number of hydrogen-bond acceptors (Lipinski definition) is 4. The summed E-state index contributed by atoms with van der Waals surface area (Å²) in [7, 11) is 0. The van der Waals surface area contributed by atoms with E-state index in [1.807, 2.05) is 6.07 Å². The number of morpholine rings is 1. The maximum absolute atomic E-state index is 11.9. The first-order valence-electron chi connectivity index (χ1n) is 7.48. The van der Waals surface area contributed by atoms with Crippen molar-refractivity contribution in [2.45, 2.75) is 19.9 Å². The molecule has 2 rings (SSSR count). The Hall–Kier alpha value is -1.59. The predicted octanol–water partition coefficient (Wildman–Crippen LogP) is 1.77. The topological polar surface area (TPSA) is 54.7 Å². The average molecular weight is 292 g/mol. The first-order chi connectivity index (χ1) is 10.2. The molecule has 0 aromatic carbocycles.